The molecule has 0 bridgehead atoms. The summed E-state index contributed by atoms with van der Waals surface area (Å²) in [5.74, 6) is -0.335. The fourth-order valence-electron chi connectivity index (χ4n) is 2.75. The minimum Gasteiger partial charge on any atom is -0.361 e. The summed E-state index contributed by atoms with van der Waals surface area (Å²) in [6, 6.07) is 16.5. The molecule has 5 heteroatoms. The smallest absolute Gasteiger partial charge is 0.215 e. The zero-order valence-corrected chi connectivity index (χ0v) is 12.7. The Hall–Kier alpha value is -3.47. The van der Waals surface area contributed by atoms with E-state index in [0.29, 0.717) is 5.69 Å². The predicted octanol–water partition coefficient (Wildman–Crippen LogP) is 3.77. The Morgan fingerprint density at radius 2 is 1.88 bits per heavy atom. The van der Waals surface area contributed by atoms with Gasteiger partial charge in [-0.2, -0.15) is 0 Å². The second kappa shape index (κ2) is 5.62. The number of benzene rings is 1. The molecule has 0 amide bonds. The van der Waals surface area contributed by atoms with Gasteiger partial charge in [0.05, 0.1) is 11.3 Å². The van der Waals surface area contributed by atoms with Gasteiger partial charge in [0.2, 0.25) is 5.78 Å². The number of hydrogen-bond acceptors (Lipinski definition) is 3. The second-order valence-corrected chi connectivity index (χ2v) is 5.38. The Labute approximate surface area is 138 Å². The van der Waals surface area contributed by atoms with E-state index in [1.807, 2.05) is 36.5 Å². The molecular formula is C19H13N4O. The fraction of sp³-hybridized carbons (Fsp3) is 0. The zero-order chi connectivity index (χ0) is 16.5. The summed E-state index contributed by atoms with van der Waals surface area (Å²) < 4.78 is 0. The van der Waals surface area contributed by atoms with Gasteiger partial charge < -0.3 is 4.98 Å². The molecule has 0 aliphatic rings. The van der Waals surface area contributed by atoms with Crippen molar-refractivity contribution in [3.8, 4) is 11.3 Å². The van der Waals surface area contributed by atoms with E-state index in [9.17, 15) is 4.79 Å². The summed E-state index contributed by atoms with van der Waals surface area (Å²) in [4.78, 5) is 24.2. The monoisotopic (exact) mass is 313 g/mol. The van der Waals surface area contributed by atoms with Crippen molar-refractivity contribution in [3.05, 3.63) is 78.2 Å². The molecule has 0 aliphatic heterocycles. The van der Waals surface area contributed by atoms with Gasteiger partial charge in [-0.1, -0.05) is 18.2 Å². The molecular weight excluding hydrogens is 300 g/mol. The van der Waals surface area contributed by atoms with E-state index in [1.165, 1.54) is 6.20 Å². The largest absolute Gasteiger partial charge is 0.361 e. The van der Waals surface area contributed by atoms with Crippen LogP contribution in [0, 0.1) is 0 Å². The standard InChI is InChI=1S/C19H13N4O/c20-19-14(5-3-10-22-19)18(24)17-8-2-7-16(23-17)12-4-1-6-15-13(12)9-11-21-15/h1-11,20-21H. The maximum atomic E-state index is 12.6. The Morgan fingerprint density at radius 1 is 1.00 bits per heavy atom. The van der Waals surface area contributed by atoms with Crippen LogP contribution in [0.3, 0.4) is 0 Å². The number of carbonyl (C=O) groups excluding carboxylic acids is 1. The van der Waals surface area contributed by atoms with Crippen LogP contribution < -0.4 is 5.73 Å². The van der Waals surface area contributed by atoms with Gasteiger partial charge >= 0.3 is 0 Å². The lowest BCUT2D eigenvalue weighted by molar-refractivity contribution is 0.103. The highest BCUT2D eigenvalue weighted by Gasteiger charge is 2.16. The van der Waals surface area contributed by atoms with Crippen LogP contribution in [-0.4, -0.2) is 20.7 Å². The third-order valence-corrected chi connectivity index (χ3v) is 3.90. The lowest BCUT2D eigenvalue weighted by atomic mass is 10.0. The molecule has 0 spiro atoms. The number of hydrogen-bond donors (Lipinski definition) is 1. The van der Waals surface area contributed by atoms with Crippen LogP contribution in [0.15, 0.2) is 67.0 Å². The molecule has 5 nitrogen and oxygen atoms in total. The van der Waals surface area contributed by atoms with E-state index >= 15 is 0 Å². The minimum atomic E-state index is -0.295. The molecule has 24 heavy (non-hydrogen) atoms. The molecule has 4 rings (SSSR count). The predicted molar refractivity (Wildman–Crippen MR) is 92.0 cm³/mol. The number of nitrogens with one attached hydrogen (secondary N) is 2. The van der Waals surface area contributed by atoms with Crippen LogP contribution in [0.4, 0.5) is 5.82 Å². The van der Waals surface area contributed by atoms with Crippen molar-refractivity contribution in [2.75, 3.05) is 0 Å². The first-order valence-corrected chi connectivity index (χ1v) is 7.49. The minimum absolute atomic E-state index is 0.0394. The lowest BCUT2D eigenvalue weighted by Crippen LogP contribution is -2.06. The fourth-order valence-corrected chi connectivity index (χ4v) is 2.75. The number of ketones is 1. The van der Waals surface area contributed by atoms with Crippen molar-refractivity contribution in [1.82, 2.24) is 20.7 Å². The summed E-state index contributed by atoms with van der Waals surface area (Å²) in [5, 5.41) is 1.05. The van der Waals surface area contributed by atoms with Crippen molar-refractivity contribution in [2.45, 2.75) is 0 Å². The van der Waals surface area contributed by atoms with E-state index in [-0.39, 0.29) is 17.2 Å². The van der Waals surface area contributed by atoms with Crippen LogP contribution in [0.2, 0.25) is 0 Å². The van der Waals surface area contributed by atoms with Crippen LogP contribution in [-0.2, 0) is 0 Å². The van der Waals surface area contributed by atoms with Gasteiger partial charge in [0, 0.05) is 28.9 Å². The highest BCUT2D eigenvalue weighted by Crippen LogP contribution is 2.27. The molecule has 1 radical (unpaired) electrons. The zero-order valence-electron chi connectivity index (χ0n) is 12.7. The molecule has 0 atom stereocenters. The summed E-state index contributed by atoms with van der Waals surface area (Å²) in [6.45, 7) is 0. The summed E-state index contributed by atoms with van der Waals surface area (Å²) in [7, 11) is 0. The van der Waals surface area contributed by atoms with Crippen LogP contribution in [0.25, 0.3) is 22.2 Å². The molecule has 0 unspecified atom stereocenters. The Kier molecular flexibility index (Phi) is 3.31. The SMILES string of the molecule is [NH]c1ncccc1C(=O)c1cccc(-c2cccc3[nH]ccc23)n1. The number of aromatic nitrogens is 3. The van der Waals surface area contributed by atoms with Gasteiger partial charge in [-0.15, -0.1) is 0 Å². The average molecular weight is 313 g/mol. The highest BCUT2D eigenvalue weighted by molar-refractivity contribution is 6.10. The van der Waals surface area contributed by atoms with E-state index in [1.54, 1.807) is 24.3 Å². The van der Waals surface area contributed by atoms with Crippen molar-refractivity contribution in [3.63, 3.8) is 0 Å². The van der Waals surface area contributed by atoms with Gasteiger partial charge in [-0.3, -0.25) is 10.5 Å². The summed E-state index contributed by atoms with van der Waals surface area (Å²) in [6.07, 6.45) is 3.38. The maximum absolute atomic E-state index is 12.6. The quantitative estimate of drug-likeness (QED) is 0.584. The number of H-pyrrole nitrogens is 1. The number of nitrogens with zero attached hydrogens (tertiary/aromatic N) is 2. The van der Waals surface area contributed by atoms with E-state index in [0.717, 1.165) is 22.2 Å². The van der Waals surface area contributed by atoms with Gasteiger partial charge in [0.1, 0.15) is 5.69 Å². The molecule has 1 aromatic carbocycles. The van der Waals surface area contributed by atoms with E-state index < -0.39 is 0 Å². The molecule has 0 saturated carbocycles. The molecule has 115 valence electrons. The number of pyridine rings is 2. The average Bonchev–Trinajstić information content (AvgIpc) is 3.10. The molecule has 3 heterocycles. The number of aromatic amines is 1. The maximum Gasteiger partial charge on any atom is 0.215 e. The van der Waals surface area contributed by atoms with Crippen molar-refractivity contribution < 1.29 is 4.79 Å². The van der Waals surface area contributed by atoms with Gasteiger partial charge in [-0.05, 0) is 36.4 Å². The van der Waals surface area contributed by atoms with E-state index in [2.05, 4.69) is 15.0 Å². The van der Waals surface area contributed by atoms with Crippen LogP contribution in [0.1, 0.15) is 16.1 Å². The third-order valence-electron chi connectivity index (χ3n) is 3.90. The Balaban J connectivity index is 1.81. The highest BCUT2D eigenvalue weighted by atomic mass is 16.1. The second-order valence-electron chi connectivity index (χ2n) is 5.38. The lowest BCUT2D eigenvalue weighted by Gasteiger charge is -2.06. The molecule has 3 aromatic heterocycles. The molecule has 0 fully saturated rings. The summed E-state index contributed by atoms with van der Waals surface area (Å²) >= 11 is 0. The Bertz CT molecular complexity index is 1050. The van der Waals surface area contributed by atoms with Gasteiger partial charge in [-0.25, -0.2) is 9.97 Å². The first-order chi connectivity index (χ1) is 11.7. The number of carbonyl (C=O) groups is 1. The van der Waals surface area contributed by atoms with Gasteiger partial charge in [0.15, 0.2) is 5.82 Å². The molecule has 0 aliphatic carbocycles. The van der Waals surface area contributed by atoms with Crippen molar-refractivity contribution >= 4 is 22.5 Å². The molecule has 2 N–H and O–H groups in total. The van der Waals surface area contributed by atoms with Crippen LogP contribution in [0.5, 0.6) is 0 Å². The summed E-state index contributed by atoms with van der Waals surface area (Å²) in [5.41, 5.74) is 11.1. The van der Waals surface area contributed by atoms with Crippen LogP contribution >= 0.6 is 0 Å². The molecule has 0 saturated heterocycles. The topological polar surface area (TPSA) is 82.4 Å². The van der Waals surface area contributed by atoms with Gasteiger partial charge in [0.25, 0.3) is 0 Å². The number of fused-ring (bicyclic) bond motifs is 1. The number of rotatable bonds is 3. The van der Waals surface area contributed by atoms with Crippen molar-refractivity contribution in [2.24, 2.45) is 0 Å². The molecule has 4 aromatic rings. The normalized spacial score (nSPS) is 10.8. The van der Waals surface area contributed by atoms with E-state index in [4.69, 9.17) is 5.73 Å². The first kappa shape index (κ1) is 14.1. The third kappa shape index (κ3) is 2.32. The first-order valence-electron chi connectivity index (χ1n) is 7.49. The Morgan fingerprint density at radius 3 is 2.75 bits per heavy atom. The van der Waals surface area contributed by atoms with Crippen molar-refractivity contribution in [1.29, 1.82) is 0 Å².